The second-order valence-corrected chi connectivity index (χ2v) is 7.61. The van der Waals surface area contributed by atoms with Crippen molar-refractivity contribution in [3.05, 3.63) is 16.1 Å². The number of morpholine rings is 1. The van der Waals surface area contributed by atoms with E-state index in [4.69, 9.17) is 4.74 Å². The number of alkyl halides is 3. The van der Waals surface area contributed by atoms with E-state index in [9.17, 15) is 18.0 Å². The molecule has 1 aromatic heterocycles. The van der Waals surface area contributed by atoms with Crippen molar-refractivity contribution in [2.24, 2.45) is 5.92 Å². The largest absolute Gasteiger partial charge is 0.416 e. The SMILES string of the molecule is Cc1cnc(C(NC(=O)N2CCOC(C(F)(F)F)C2C)C2CC2)s1. The molecule has 1 aromatic rings. The lowest BCUT2D eigenvalue weighted by Gasteiger charge is -2.40. The van der Waals surface area contributed by atoms with E-state index in [1.54, 1.807) is 6.20 Å². The third kappa shape index (κ3) is 3.66. The van der Waals surface area contributed by atoms with Crippen LogP contribution in [-0.2, 0) is 4.74 Å². The van der Waals surface area contributed by atoms with Gasteiger partial charge in [-0.3, -0.25) is 0 Å². The highest BCUT2D eigenvalue weighted by Crippen LogP contribution is 2.42. The van der Waals surface area contributed by atoms with Crippen molar-refractivity contribution >= 4 is 17.4 Å². The number of nitrogens with one attached hydrogen (secondary N) is 1. The molecule has 2 fully saturated rings. The van der Waals surface area contributed by atoms with Crippen LogP contribution in [0, 0.1) is 12.8 Å². The Hall–Kier alpha value is -1.35. The van der Waals surface area contributed by atoms with Crippen LogP contribution in [-0.4, -0.2) is 47.4 Å². The van der Waals surface area contributed by atoms with Crippen LogP contribution in [0.5, 0.6) is 0 Å². The number of thiazole rings is 1. The van der Waals surface area contributed by atoms with E-state index in [-0.39, 0.29) is 19.2 Å². The van der Waals surface area contributed by atoms with Gasteiger partial charge in [0.1, 0.15) is 5.01 Å². The Balaban J connectivity index is 1.71. The highest BCUT2D eigenvalue weighted by Gasteiger charge is 2.49. The predicted molar refractivity (Wildman–Crippen MR) is 82.8 cm³/mol. The molecule has 24 heavy (non-hydrogen) atoms. The summed E-state index contributed by atoms with van der Waals surface area (Å²) >= 11 is 1.51. The number of carbonyl (C=O) groups excluding carboxylic acids is 1. The Morgan fingerprint density at radius 1 is 1.50 bits per heavy atom. The number of urea groups is 1. The fourth-order valence-electron chi connectivity index (χ4n) is 2.98. The maximum absolute atomic E-state index is 13.0. The van der Waals surface area contributed by atoms with Gasteiger partial charge in [-0.1, -0.05) is 0 Å². The highest BCUT2D eigenvalue weighted by molar-refractivity contribution is 7.11. The van der Waals surface area contributed by atoms with E-state index in [0.717, 1.165) is 22.7 Å². The first-order chi connectivity index (χ1) is 11.3. The maximum atomic E-state index is 13.0. The van der Waals surface area contributed by atoms with Crippen molar-refractivity contribution in [2.75, 3.05) is 13.2 Å². The third-order valence-corrected chi connectivity index (χ3v) is 5.42. The van der Waals surface area contributed by atoms with Gasteiger partial charge in [0.25, 0.3) is 0 Å². The first-order valence-corrected chi connectivity index (χ1v) is 8.77. The number of nitrogens with zero attached hydrogens (tertiary/aromatic N) is 2. The summed E-state index contributed by atoms with van der Waals surface area (Å²) < 4.78 is 43.8. The lowest BCUT2D eigenvalue weighted by Crippen LogP contribution is -2.59. The van der Waals surface area contributed by atoms with E-state index < -0.39 is 24.4 Å². The molecule has 0 bridgehead atoms. The molecule has 3 rings (SSSR count). The van der Waals surface area contributed by atoms with Gasteiger partial charge < -0.3 is 15.0 Å². The molecule has 1 saturated heterocycles. The zero-order valence-corrected chi connectivity index (χ0v) is 14.3. The summed E-state index contributed by atoms with van der Waals surface area (Å²) in [6.45, 7) is 3.34. The van der Waals surface area contributed by atoms with Crippen LogP contribution < -0.4 is 5.32 Å². The number of aryl methyl sites for hydroxylation is 1. The topological polar surface area (TPSA) is 54.5 Å². The number of halogens is 3. The Labute approximate surface area is 142 Å². The fourth-order valence-corrected chi connectivity index (χ4v) is 3.90. The van der Waals surface area contributed by atoms with Crippen LogP contribution in [0.3, 0.4) is 0 Å². The van der Waals surface area contributed by atoms with Crippen LogP contribution in [0.15, 0.2) is 6.20 Å². The van der Waals surface area contributed by atoms with Crippen molar-refractivity contribution in [3.8, 4) is 0 Å². The minimum Gasteiger partial charge on any atom is -0.365 e. The zero-order chi connectivity index (χ0) is 17.5. The van der Waals surface area contributed by atoms with Crippen molar-refractivity contribution in [3.63, 3.8) is 0 Å². The minimum absolute atomic E-state index is 0.119. The van der Waals surface area contributed by atoms with Crippen molar-refractivity contribution in [1.29, 1.82) is 0 Å². The minimum atomic E-state index is -4.49. The van der Waals surface area contributed by atoms with E-state index in [1.807, 2.05) is 6.92 Å². The molecule has 0 aromatic carbocycles. The van der Waals surface area contributed by atoms with E-state index >= 15 is 0 Å². The molecule has 3 atom stereocenters. The second-order valence-electron chi connectivity index (χ2n) is 6.34. The van der Waals surface area contributed by atoms with Gasteiger partial charge in [0.2, 0.25) is 0 Å². The highest BCUT2D eigenvalue weighted by atomic mass is 32.1. The average Bonchev–Trinajstić information content (AvgIpc) is 3.25. The molecule has 1 N–H and O–H groups in total. The van der Waals surface area contributed by atoms with Crippen molar-refractivity contribution in [1.82, 2.24) is 15.2 Å². The van der Waals surface area contributed by atoms with Crippen LogP contribution >= 0.6 is 11.3 Å². The number of carbonyl (C=O) groups is 1. The summed E-state index contributed by atoms with van der Waals surface area (Å²) in [6, 6.07) is -1.77. The summed E-state index contributed by atoms with van der Waals surface area (Å²) in [4.78, 5) is 19.2. The maximum Gasteiger partial charge on any atom is 0.416 e. The number of amides is 2. The van der Waals surface area contributed by atoms with Gasteiger partial charge in [0.05, 0.1) is 18.7 Å². The van der Waals surface area contributed by atoms with Crippen LogP contribution in [0.1, 0.15) is 35.7 Å². The van der Waals surface area contributed by atoms with Gasteiger partial charge in [0.15, 0.2) is 6.10 Å². The van der Waals surface area contributed by atoms with E-state index in [2.05, 4.69) is 10.3 Å². The molecule has 134 valence electrons. The number of aromatic nitrogens is 1. The molecule has 1 aliphatic heterocycles. The monoisotopic (exact) mass is 363 g/mol. The molecule has 9 heteroatoms. The molecule has 1 aliphatic carbocycles. The van der Waals surface area contributed by atoms with Gasteiger partial charge in [-0.2, -0.15) is 13.2 Å². The summed E-state index contributed by atoms with van der Waals surface area (Å²) in [7, 11) is 0. The first kappa shape index (κ1) is 17.5. The summed E-state index contributed by atoms with van der Waals surface area (Å²) in [5.41, 5.74) is 0. The molecule has 0 spiro atoms. The molecule has 0 radical (unpaired) electrons. The van der Waals surface area contributed by atoms with Gasteiger partial charge in [-0.05, 0) is 32.6 Å². The zero-order valence-electron chi connectivity index (χ0n) is 13.5. The fraction of sp³-hybridized carbons (Fsp3) is 0.733. The van der Waals surface area contributed by atoms with E-state index in [0.29, 0.717) is 5.92 Å². The van der Waals surface area contributed by atoms with Crippen LogP contribution in [0.2, 0.25) is 0 Å². The summed E-state index contributed by atoms with van der Waals surface area (Å²) in [5.74, 6) is 0.314. The molecule has 2 heterocycles. The van der Waals surface area contributed by atoms with Crippen LogP contribution in [0.4, 0.5) is 18.0 Å². The standard InChI is InChI=1S/C15H20F3N3O2S/c1-8-7-19-13(24-8)11(10-3-4-10)20-14(22)21-5-6-23-12(9(21)2)15(16,17)18/h7,9-12H,3-6H2,1-2H3,(H,20,22). The quantitative estimate of drug-likeness (QED) is 0.897. The number of ether oxygens (including phenoxy) is 1. The van der Waals surface area contributed by atoms with Crippen molar-refractivity contribution in [2.45, 2.75) is 51.1 Å². The average molecular weight is 363 g/mol. The summed E-state index contributed by atoms with van der Waals surface area (Å²) in [6.07, 6.45) is -2.70. The lowest BCUT2D eigenvalue weighted by atomic mass is 10.1. The smallest absolute Gasteiger partial charge is 0.365 e. The molecular weight excluding hydrogens is 343 g/mol. The van der Waals surface area contributed by atoms with Gasteiger partial charge >= 0.3 is 12.2 Å². The number of hydrogen-bond acceptors (Lipinski definition) is 4. The Kier molecular flexibility index (Phi) is 4.74. The Bertz CT molecular complexity index is 603. The van der Waals surface area contributed by atoms with Gasteiger partial charge in [-0.15, -0.1) is 11.3 Å². The van der Waals surface area contributed by atoms with Crippen molar-refractivity contribution < 1.29 is 22.7 Å². The molecular formula is C15H20F3N3O2S. The third-order valence-electron chi connectivity index (χ3n) is 4.42. The second kappa shape index (κ2) is 6.51. The normalized spacial score (nSPS) is 26.3. The first-order valence-electron chi connectivity index (χ1n) is 7.95. The molecule has 2 aliphatic rings. The Morgan fingerprint density at radius 2 is 2.21 bits per heavy atom. The molecule has 3 unspecified atom stereocenters. The molecule has 1 saturated carbocycles. The number of rotatable bonds is 3. The molecule has 5 nitrogen and oxygen atoms in total. The predicted octanol–water partition coefficient (Wildman–Crippen LogP) is 3.26. The van der Waals surface area contributed by atoms with Crippen LogP contribution in [0.25, 0.3) is 0 Å². The molecule has 2 amide bonds. The van der Waals surface area contributed by atoms with Gasteiger partial charge in [-0.25, -0.2) is 9.78 Å². The lowest BCUT2D eigenvalue weighted by molar-refractivity contribution is -0.246. The summed E-state index contributed by atoms with van der Waals surface area (Å²) in [5, 5.41) is 3.71. The van der Waals surface area contributed by atoms with E-state index in [1.165, 1.54) is 23.2 Å². The van der Waals surface area contributed by atoms with Gasteiger partial charge in [0, 0.05) is 17.6 Å². The Morgan fingerprint density at radius 3 is 2.75 bits per heavy atom. The number of hydrogen-bond donors (Lipinski definition) is 1.